The molecule has 0 spiro atoms. The first-order valence-corrected chi connectivity index (χ1v) is 9.30. The molecule has 0 unspecified atom stereocenters. The summed E-state index contributed by atoms with van der Waals surface area (Å²) in [5.74, 6) is 0. The molecule has 0 aromatic heterocycles. The molecule has 17 heavy (non-hydrogen) atoms. The van der Waals surface area contributed by atoms with Gasteiger partial charge in [-0.3, -0.25) is 0 Å². The van der Waals surface area contributed by atoms with E-state index in [-0.39, 0.29) is 0 Å². The Morgan fingerprint density at radius 1 is 1.00 bits per heavy atom. The molecule has 2 aromatic rings. The molecule has 0 atom stereocenters. The molecule has 0 nitrogen and oxygen atoms in total. The molecule has 0 saturated heterocycles. The van der Waals surface area contributed by atoms with Crippen LogP contribution >= 0.6 is 11.6 Å². The van der Waals surface area contributed by atoms with Gasteiger partial charge < -0.3 is 0 Å². The van der Waals surface area contributed by atoms with Crippen LogP contribution in [0.15, 0.2) is 36.4 Å². The van der Waals surface area contributed by atoms with Crippen LogP contribution in [0, 0.1) is 6.92 Å². The van der Waals surface area contributed by atoms with E-state index < -0.39 is 8.07 Å². The molecule has 0 bridgehead atoms. The summed E-state index contributed by atoms with van der Waals surface area (Å²) < 4.78 is 0. The first-order chi connectivity index (χ1) is 8.01. The van der Waals surface area contributed by atoms with E-state index in [1.165, 1.54) is 27.1 Å². The highest BCUT2D eigenvalue weighted by Gasteiger charge is 2.38. The number of halogens is 1. The molecule has 0 saturated carbocycles. The first kappa shape index (κ1) is 11.1. The Morgan fingerprint density at radius 2 is 1.76 bits per heavy atom. The van der Waals surface area contributed by atoms with Crippen LogP contribution in [0.25, 0.3) is 11.1 Å². The topological polar surface area (TPSA) is 0 Å². The van der Waals surface area contributed by atoms with Crippen LogP contribution < -0.4 is 10.4 Å². The first-order valence-electron chi connectivity index (χ1n) is 5.92. The number of benzene rings is 2. The van der Waals surface area contributed by atoms with Crippen molar-refractivity contribution in [2.45, 2.75) is 20.0 Å². The average molecular weight is 259 g/mol. The zero-order valence-corrected chi connectivity index (χ0v) is 12.1. The minimum absolute atomic E-state index is 0.896. The van der Waals surface area contributed by atoms with Crippen molar-refractivity contribution >= 4 is 30.0 Å². The summed E-state index contributed by atoms with van der Waals surface area (Å²) in [6.07, 6.45) is 0. The summed E-state index contributed by atoms with van der Waals surface area (Å²) >= 11 is 6.40. The molecular weight excluding hydrogens is 244 g/mol. The molecular formula is C15H15ClSi. The van der Waals surface area contributed by atoms with Gasteiger partial charge in [0, 0.05) is 5.02 Å². The standard InChI is InChI=1S/C15H15ClSi/c1-10-7-8-13-11(9-10)15-12(16)5-4-6-14(15)17(13,2)3/h4-9H,1-3H3. The third kappa shape index (κ3) is 1.42. The Balaban J connectivity index is 2.44. The summed E-state index contributed by atoms with van der Waals surface area (Å²) in [4.78, 5) is 0. The second-order valence-corrected chi connectivity index (χ2v) is 10.1. The van der Waals surface area contributed by atoms with Crippen LogP contribution in [0.4, 0.5) is 0 Å². The van der Waals surface area contributed by atoms with Crippen molar-refractivity contribution < 1.29 is 0 Å². The van der Waals surface area contributed by atoms with E-state index in [1.807, 2.05) is 6.07 Å². The second kappa shape index (κ2) is 3.47. The summed E-state index contributed by atoms with van der Waals surface area (Å²) in [5.41, 5.74) is 3.95. The Labute approximate surface area is 108 Å². The Hall–Kier alpha value is -1.05. The third-order valence-corrected chi connectivity index (χ3v) is 7.67. The monoisotopic (exact) mass is 258 g/mol. The summed E-state index contributed by atoms with van der Waals surface area (Å²) in [6.45, 7) is 6.95. The van der Waals surface area contributed by atoms with Crippen LogP contribution in [-0.4, -0.2) is 8.07 Å². The van der Waals surface area contributed by atoms with E-state index in [0.717, 1.165) is 5.02 Å². The fraction of sp³-hybridized carbons (Fsp3) is 0.200. The third-order valence-electron chi connectivity index (χ3n) is 3.80. The number of fused-ring (bicyclic) bond motifs is 3. The van der Waals surface area contributed by atoms with Gasteiger partial charge in [0.25, 0.3) is 0 Å². The van der Waals surface area contributed by atoms with Crippen LogP contribution in [0.1, 0.15) is 5.56 Å². The lowest BCUT2D eigenvalue weighted by Gasteiger charge is -2.18. The SMILES string of the molecule is Cc1ccc2c(c1)-c1c(Cl)cccc1[Si]2(C)C. The van der Waals surface area contributed by atoms with Gasteiger partial charge in [-0.15, -0.1) is 0 Å². The molecule has 0 aliphatic carbocycles. The predicted molar refractivity (Wildman–Crippen MR) is 78.4 cm³/mol. The van der Waals surface area contributed by atoms with Crippen molar-refractivity contribution in [3.8, 4) is 11.1 Å². The lowest BCUT2D eigenvalue weighted by molar-refractivity contribution is 1.49. The van der Waals surface area contributed by atoms with Gasteiger partial charge in [-0.1, -0.05) is 60.6 Å². The molecule has 0 amide bonds. The Morgan fingerprint density at radius 3 is 2.53 bits per heavy atom. The summed E-state index contributed by atoms with van der Waals surface area (Å²) in [5, 5.41) is 3.89. The predicted octanol–water partition coefficient (Wildman–Crippen LogP) is 3.45. The van der Waals surface area contributed by atoms with Gasteiger partial charge >= 0.3 is 0 Å². The maximum atomic E-state index is 6.40. The number of hydrogen-bond donors (Lipinski definition) is 0. The van der Waals surface area contributed by atoms with Crippen LogP contribution in [0.3, 0.4) is 0 Å². The Kier molecular flexibility index (Phi) is 2.26. The van der Waals surface area contributed by atoms with Crippen molar-refractivity contribution in [2.75, 3.05) is 0 Å². The minimum atomic E-state index is -1.52. The highest BCUT2D eigenvalue weighted by Crippen LogP contribution is 2.33. The van der Waals surface area contributed by atoms with Crippen molar-refractivity contribution in [3.05, 3.63) is 47.0 Å². The smallest absolute Gasteiger partial charge is 0.0837 e. The van der Waals surface area contributed by atoms with Gasteiger partial charge in [0.15, 0.2) is 0 Å². The van der Waals surface area contributed by atoms with Gasteiger partial charge in [0.05, 0.1) is 0 Å². The fourth-order valence-corrected chi connectivity index (χ4v) is 6.30. The van der Waals surface area contributed by atoms with Crippen molar-refractivity contribution in [2.24, 2.45) is 0 Å². The van der Waals surface area contributed by atoms with E-state index in [1.54, 1.807) is 0 Å². The molecule has 0 radical (unpaired) electrons. The zero-order valence-electron chi connectivity index (χ0n) is 10.3. The molecule has 1 aliphatic rings. The second-order valence-electron chi connectivity index (χ2n) is 5.34. The van der Waals surface area contributed by atoms with Gasteiger partial charge in [-0.05, 0) is 34.5 Å². The van der Waals surface area contributed by atoms with Crippen molar-refractivity contribution in [1.82, 2.24) is 0 Å². The molecule has 3 rings (SSSR count). The fourth-order valence-electron chi connectivity index (χ4n) is 2.87. The quantitative estimate of drug-likeness (QED) is 0.635. The van der Waals surface area contributed by atoms with Crippen molar-refractivity contribution in [1.29, 1.82) is 0 Å². The molecule has 1 aliphatic heterocycles. The highest BCUT2D eigenvalue weighted by atomic mass is 35.5. The molecule has 86 valence electrons. The van der Waals surface area contributed by atoms with Crippen molar-refractivity contribution in [3.63, 3.8) is 0 Å². The number of rotatable bonds is 0. The molecule has 0 fully saturated rings. The van der Waals surface area contributed by atoms with Gasteiger partial charge in [-0.25, -0.2) is 0 Å². The molecule has 0 N–H and O–H groups in total. The Bertz CT molecular complexity index is 614. The lowest BCUT2D eigenvalue weighted by atomic mass is 10.0. The maximum absolute atomic E-state index is 6.40. The van der Waals surface area contributed by atoms with Gasteiger partial charge in [0.1, 0.15) is 8.07 Å². The summed E-state index contributed by atoms with van der Waals surface area (Å²) in [6, 6.07) is 13.1. The van der Waals surface area contributed by atoms with E-state index >= 15 is 0 Å². The number of hydrogen-bond acceptors (Lipinski definition) is 0. The van der Waals surface area contributed by atoms with Crippen LogP contribution in [-0.2, 0) is 0 Å². The summed E-state index contributed by atoms with van der Waals surface area (Å²) in [7, 11) is -1.52. The molecule has 2 aromatic carbocycles. The zero-order chi connectivity index (χ0) is 12.2. The van der Waals surface area contributed by atoms with Gasteiger partial charge in [-0.2, -0.15) is 0 Å². The maximum Gasteiger partial charge on any atom is 0.113 e. The average Bonchev–Trinajstić information content (AvgIpc) is 2.49. The van der Waals surface area contributed by atoms with Gasteiger partial charge in [0.2, 0.25) is 0 Å². The lowest BCUT2D eigenvalue weighted by Crippen LogP contribution is -2.49. The van der Waals surface area contributed by atoms with E-state index in [0.29, 0.717) is 0 Å². The van der Waals surface area contributed by atoms with Crippen LogP contribution in [0.5, 0.6) is 0 Å². The molecule has 1 heterocycles. The highest BCUT2D eigenvalue weighted by molar-refractivity contribution is 7.04. The van der Waals surface area contributed by atoms with E-state index in [9.17, 15) is 0 Å². The normalized spacial score (nSPS) is 15.5. The van der Waals surface area contributed by atoms with Crippen LogP contribution in [0.2, 0.25) is 18.1 Å². The number of aryl methyl sites for hydroxylation is 1. The molecule has 2 heteroatoms. The van der Waals surface area contributed by atoms with E-state index in [4.69, 9.17) is 11.6 Å². The van der Waals surface area contributed by atoms with E-state index in [2.05, 4.69) is 50.3 Å². The largest absolute Gasteiger partial charge is 0.113 e. The minimum Gasteiger partial charge on any atom is -0.0837 e.